The van der Waals surface area contributed by atoms with E-state index >= 15 is 0 Å². The normalized spacial score (nSPS) is 11.0. The third kappa shape index (κ3) is 7.84. The fraction of sp³-hybridized carbons (Fsp3) is 0.429. The summed E-state index contributed by atoms with van der Waals surface area (Å²) in [6.45, 7) is 2.32. The molecule has 0 bridgehead atoms. The van der Waals surface area contributed by atoms with Crippen molar-refractivity contribution in [2.45, 2.75) is 6.10 Å². The van der Waals surface area contributed by atoms with Gasteiger partial charge in [0, 0.05) is 14.2 Å². The van der Waals surface area contributed by atoms with E-state index in [4.69, 9.17) is 28.4 Å². The molecule has 2 rings (SSSR count). The summed E-state index contributed by atoms with van der Waals surface area (Å²) in [5, 5.41) is 10.6. The molecule has 0 aromatic heterocycles. The standard InChI is InChI=1S/C21H28O7/c1-23-11-13-25-15-27-19-7-3-17(4-8-19)21(22)18-5-9-20(10-6-18)28-16-26-14-12-24-2/h3-10,21-22H,11-16H2,1-2H3. The number of rotatable bonds is 14. The average Bonchev–Trinajstić information content (AvgIpc) is 2.74. The number of methoxy groups -OCH3 is 2. The zero-order valence-electron chi connectivity index (χ0n) is 16.3. The van der Waals surface area contributed by atoms with Crippen LogP contribution in [-0.2, 0) is 18.9 Å². The van der Waals surface area contributed by atoms with Crippen molar-refractivity contribution in [3.05, 3.63) is 59.7 Å². The topological polar surface area (TPSA) is 75.6 Å². The van der Waals surface area contributed by atoms with Gasteiger partial charge in [0.1, 0.15) is 17.6 Å². The molecule has 0 aliphatic heterocycles. The van der Waals surface area contributed by atoms with Gasteiger partial charge in [-0.2, -0.15) is 0 Å². The minimum absolute atomic E-state index is 0.155. The highest BCUT2D eigenvalue weighted by Crippen LogP contribution is 2.25. The molecule has 7 nitrogen and oxygen atoms in total. The van der Waals surface area contributed by atoms with Gasteiger partial charge in [-0.1, -0.05) is 24.3 Å². The first-order valence-corrected chi connectivity index (χ1v) is 9.01. The summed E-state index contributed by atoms with van der Waals surface area (Å²) in [6, 6.07) is 14.5. The minimum Gasteiger partial charge on any atom is -0.468 e. The Kier molecular flexibility index (Phi) is 10.3. The molecule has 0 saturated heterocycles. The maximum absolute atomic E-state index is 10.6. The maximum Gasteiger partial charge on any atom is 0.189 e. The van der Waals surface area contributed by atoms with Crippen LogP contribution < -0.4 is 9.47 Å². The lowest BCUT2D eigenvalue weighted by molar-refractivity contribution is -0.00856. The monoisotopic (exact) mass is 392 g/mol. The smallest absolute Gasteiger partial charge is 0.189 e. The molecule has 0 heterocycles. The van der Waals surface area contributed by atoms with Crippen LogP contribution in [0.2, 0.25) is 0 Å². The lowest BCUT2D eigenvalue weighted by atomic mass is 10.0. The number of hydrogen-bond acceptors (Lipinski definition) is 7. The molecule has 0 fully saturated rings. The molecule has 154 valence electrons. The number of hydrogen-bond donors (Lipinski definition) is 1. The second-order valence-corrected chi connectivity index (χ2v) is 5.87. The number of aliphatic hydroxyl groups excluding tert-OH is 1. The minimum atomic E-state index is -0.737. The van der Waals surface area contributed by atoms with E-state index in [-0.39, 0.29) is 13.6 Å². The third-order valence-electron chi connectivity index (χ3n) is 3.87. The van der Waals surface area contributed by atoms with Crippen LogP contribution in [0.15, 0.2) is 48.5 Å². The zero-order chi connectivity index (χ0) is 20.0. The van der Waals surface area contributed by atoms with Crippen molar-refractivity contribution < 1.29 is 33.5 Å². The third-order valence-corrected chi connectivity index (χ3v) is 3.87. The predicted octanol–water partition coefficient (Wildman–Crippen LogP) is 2.77. The molecule has 0 aliphatic carbocycles. The highest BCUT2D eigenvalue weighted by molar-refractivity contribution is 5.36. The van der Waals surface area contributed by atoms with Gasteiger partial charge in [0.2, 0.25) is 0 Å². The fourth-order valence-electron chi connectivity index (χ4n) is 2.31. The largest absolute Gasteiger partial charge is 0.468 e. The Balaban J connectivity index is 1.79. The van der Waals surface area contributed by atoms with Crippen molar-refractivity contribution in [1.82, 2.24) is 0 Å². The van der Waals surface area contributed by atoms with Crippen molar-refractivity contribution >= 4 is 0 Å². The van der Waals surface area contributed by atoms with Crippen LogP contribution in [0.1, 0.15) is 17.2 Å². The number of benzene rings is 2. The summed E-state index contributed by atoms with van der Waals surface area (Å²) in [5.74, 6) is 1.34. The van der Waals surface area contributed by atoms with Crippen LogP contribution in [0.4, 0.5) is 0 Å². The maximum atomic E-state index is 10.6. The fourth-order valence-corrected chi connectivity index (χ4v) is 2.31. The molecule has 0 aliphatic rings. The van der Waals surface area contributed by atoms with Crippen molar-refractivity contribution in [2.75, 3.05) is 54.2 Å². The average molecular weight is 392 g/mol. The van der Waals surface area contributed by atoms with Crippen LogP contribution >= 0.6 is 0 Å². The molecular weight excluding hydrogens is 364 g/mol. The van der Waals surface area contributed by atoms with Gasteiger partial charge in [-0.15, -0.1) is 0 Å². The van der Waals surface area contributed by atoms with E-state index in [0.717, 1.165) is 11.1 Å². The van der Waals surface area contributed by atoms with Gasteiger partial charge in [0.15, 0.2) is 13.6 Å². The van der Waals surface area contributed by atoms with Gasteiger partial charge in [-0.05, 0) is 35.4 Å². The first-order chi connectivity index (χ1) is 13.7. The van der Waals surface area contributed by atoms with E-state index in [1.54, 1.807) is 38.5 Å². The number of ether oxygens (including phenoxy) is 6. The Hall–Kier alpha value is -2.16. The van der Waals surface area contributed by atoms with Crippen LogP contribution in [0.3, 0.4) is 0 Å². The molecule has 0 radical (unpaired) electrons. The van der Waals surface area contributed by atoms with E-state index in [2.05, 4.69) is 0 Å². The molecule has 2 aromatic rings. The molecule has 1 N–H and O–H groups in total. The summed E-state index contributed by atoms with van der Waals surface area (Å²) in [7, 11) is 3.24. The summed E-state index contributed by atoms with van der Waals surface area (Å²) >= 11 is 0. The van der Waals surface area contributed by atoms with E-state index in [1.807, 2.05) is 24.3 Å². The van der Waals surface area contributed by atoms with Crippen molar-refractivity contribution in [2.24, 2.45) is 0 Å². The molecule has 0 atom stereocenters. The molecular formula is C21H28O7. The first kappa shape index (κ1) is 22.1. The van der Waals surface area contributed by atoms with E-state index < -0.39 is 6.10 Å². The molecule has 0 unspecified atom stereocenters. The quantitative estimate of drug-likeness (QED) is 0.391. The van der Waals surface area contributed by atoms with Crippen LogP contribution in [0.5, 0.6) is 11.5 Å². The second kappa shape index (κ2) is 13.1. The van der Waals surface area contributed by atoms with Gasteiger partial charge < -0.3 is 33.5 Å². The Bertz CT molecular complexity index is 585. The van der Waals surface area contributed by atoms with E-state index in [9.17, 15) is 5.11 Å². The molecule has 28 heavy (non-hydrogen) atoms. The van der Waals surface area contributed by atoms with Crippen molar-refractivity contribution in [3.63, 3.8) is 0 Å². The lowest BCUT2D eigenvalue weighted by Crippen LogP contribution is -2.08. The highest BCUT2D eigenvalue weighted by Gasteiger charge is 2.11. The van der Waals surface area contributed by atoms with Gasteiger partial charge >= 0.3 is 0 Å². The molecule has 2 aromatic carbocycles. The highest BCUT2D eigenvalue weighted by atomic mass is 16.7. The Morgan fingerprint density at radius 3 is 1.39 bits per heavy atom. The van der Waals surface area contributed by atoms with Crippen molar-refractivity contribution in [3.8, 4) is 11.5 Å². The summed E-state index contributed by atoms with van der Waals surface area (Å²) in [6.07, 6.45) is -0.737. The van der Waals surface area contributed by atoms with Crippen molar-refractivity contribution in [1.29, 1.82) is 0 Å². The van der Waals surface area contributed by atoms with Gasteiger partial charge in [-0.25, -0.2) is 0 Å². The van der Waals surface area contributed by atoms with Crippen LogP contribution in [-0.4, -0.2) is 59.3 Å². The SMILES string of the molecule is COCCOCOc1ccc(C(O)c2ccc(OCOCCOC)cc2)cc1. The predicted molar refractivity (Wildman–Crippen MR) is 104 cm³/mol. The molecule has 7 heteroatoms. The van der Waals surface area contributed by atoms with Gasteiger partial charge in [-0.3, -0.25) is 0 Å². The van der Waals surface area contributed by atoms with Crippen LogP contribution in [0, 0.1) is 0 Å². The van der Waals surface area contributed by atoms with E-state index in [1.165, 1.54) is 0 Å². The molecule has 0 spiro atoms. The number of aliphatic hydroxyl groups is 1. The Morgan fingerprint density at radius 2 is 1.04 bits per heavy atom. The molecule has 0 saturated carbocycles. The van der Waals surface area contributed by atoms with Gasteiger partial charge in [0.05, 0.1) is 26.4 Å². The van der Waals surface area contributed by atoms with E-state index in [0.29, 0.717) is 37.9 Å². The summed E-state index contributed by atoms with van der Waals surface area (Å²) < 4.78 is 31.3. The Morgan fingerprint density at radius 1 is 0.643 bits per heavy atom. The Labute approximate surface area is 165 Å². The molecule has 0 amide bonds. The summed E-state index contributed by atoms with van der Waals surface area (Å²) in [4.78, 5) is 0. The zero-order valence-corrected chi connectivity index (χ0v) is 16.3. The first-order valence-electron chi connectivity index (χ1n) is 9.01. The second-order valence-electron chi connectivity index (χ2n) is 5.87. The lowest BCUT2D eigenvalue weighted by Gasteiger charge is -2.14. The summed E-state index contributed by atoms with van der Waals surface area (Å²) in [5.41, 5.74) is 1.54. The van der Waals surface area contributed by atoms with Gasteiger partial charge in [0.25, 0.3) is 0 Å². The van der Waals surface area contributed by atoms with Crippen LogP contribution in [0.25, 0.3) is 0 Å².